The smallest absolute Gasteiger partial charge is 0.246 e. The summed E-state index contributed by atoms with van der Waals surface area (Å²) in [6.07, 6.45) is 3.99. The van der Waals surface area contributed by atoms with E-state index >= 15 is 0 Å². The molecule has 1 amide bonds. The number of amides is 1. The third-order valence-corrected chi connectivity index (χ3v) is 5.84. The molecule has 0 N–H and O–H groups in total. The zero-order chi connectivity index (χ0) is 23.8. The second-order valence-corrected chi connectivity index (χ2v) is 8.64. The Morgan fingerprint density at radius 3 is 2.79 bits per heavy atom. The molecule has 6 nitrogen and oxygen atoms in total. The fraction of sp³-hybridized carbons (Fsp3) is 0.360. The fourth-order valence-electron chi connectivity index (χ4n) is 3.40. The van der Waals surface area contributed by atoms with Crippen LogP contribution in [0.4, 0.5) is 4.39 Å². The molecule has 0 spiro atoms. The van der Waals surface area contributed by atoms with E-state index in [9.17, 15) is 14.0 Å². The second-order valence-electron chi connectivity index (χ2n) is 7.78. The van der Waals surface area contributed by atoms with Gasteiger partial charge >= 0.3 is 0 Å². The number of aryl methyl sites for hydroxylation is 1. The first-order chi connectivity index (χ1) is 15.9. The number of Topliss-reactive ketones (excluding diaryl/α,β-unsaturated/α-hetero) is 1. The van der Waals surface area contributed by atoms with Crippen LogP contribution in [0.3, 0.4) is 0 Å². The van der Waals surface area contributed by atoms with Gasteiger partial charge in [-0.05, 0) is 70.7 Å². The average Bonchev–Trinajstić information content (AvgIpc) is 2.82. The quantitative estimate of drug-likeness (QED) is 0.458. The number of nitrogens with zero attached hydrogens (tertiary/aromatic N) is 1. The first-order valence-corrected chi connectivity index (χ1v) is 11.5. The van der Waals surface area contributed by atoms with Gasteiger partial charge in [-0.3, -0.25) is 4.79 Å². The summed E-state index contributed by atoms with van der Waals surface area (Å²) in [6.45, 7) is 3.14. The molecule has 33 heavy (non-hydrogen) atoms. The highest BCUT2D eigenvalue weighted by Gasteiger charge is 2.24. The minimum atomic E-state index is -0.350. The molecular weight excluding hydrogens is 493 g/mol. The number of hydrogen-bond acceptors (Lipinski definition) is 5. The molecule has 0 aromatic heterocycles. The Balaban J connectivity index is 1.55. The topological polar surface area (TPSA) is 65.1 Å². The maximum atomic E-state index is 13.4. The summed E-state index contributed by atoms with van der Waals surface area (Å²) in [4.78, 5) is 25.5. The predicted octanol–water partition coefficient (Wildman–Crippen LogP) is 4.44. The molecule has 1 atom stereocenters. The molecule has 1 unspecified atom stereocenters. The lowest BCUT2D eigenvalue weighted by Gasteiger charge is -2.32. The van der Waals surface area contributed by atoms with Crippen LogP contribution in [0.25, 0.3) is 6.08 Å². The Hall–Kier alpha value is -2.71. The van der Waals surface area contributed by atoms with Crippen LogP contribution >= 0.6 is 15.9 Å². The highest BCUT2D eigenvalue weighted by atomic mass is 79.9. The molecular formula is C25H27BrFNO5. The van der Waals surface area contributed by atoms with E-state index in [1.807, 2.05) is 18.2 Å². The predicted molar refractivity (Wildman–Crippen MR) is 127 cm³/mol. The van der Waals surface area contributed by atoms with E-state index in [2.05, 4.69) is 15.9 Å². The normalized spacial score (nSPS) is 16.1. The Kier molecular flexibility index (Phi) is 9.03. The van der Waals surface area contributed by atoms with Crippen LogP contribution in [0.1, 0.15) is 24.5 Å². The minimum absolute atomic E-state index is 0.142. The molecule has 2 aromatic carbocycles. The van der Waals surface area contributed by atoms with Gasteiger partial charge in [0.25, 0.3) is 0 Å². The maximum Gasteiger partial charge on any atom is 0.246 e. The summed E-state index contributed by atoms with van der Waals surface area (Å²) in [5.41, 5.74) is 1.73. The number of hydrogen-bond donors (Lipinski definition) is 0. The highest BCUT2D eigenvalue weighted by Crippen LogP contribution is 2.29. The van der Waals surface area contributed by atoms with Gasteiger partial charge in [0, 0.05) is 19.0 Å². The SMILES string of the molecule is COc1cc(CCC(C)=O)ccc1OCC1CN(C(=O)/C=C/c2ccc(F)c(Br)c2)CCO1. The number of halogens is 2. The van der Waals surface area contributed by atoms with Crippen LogP contribution in [0.5, 0.6) is 11.5 Å². The number of carbonyl (C=O) groups is 2. The van der Waals surface area contributed by atoms with Crippen LogP contribution in [0.15, 0.2) is 46.9 Å². The van der Waals surface area contributed by atoms with Crippen LogP contribution in [0.2, 0.25) is 0 Å². The van der Waals surface area contributed by atoms with Gasteiger partial charge in [0.05, 0.1) is 24.7 Å². The maximum absolute atomic E-state index is 13.4. The van der Waals surface area contributed by atoms with E-state index in [1.54, 1.807) is 37.1 Å². The largest absolute Gasteiger partial charge is 0.493 e. The number of ether oxygens (including phenoxy) is 3. The van der Waals surface area contributed by atoms with Crippen molar-refractivity contribution in [2.45, 2.75) is 25.9 Å². The van der Waals surface area contributed by atoms with Crippen molar-refractivity contribution < 1.29 is 28.2 Å². The van der Waals surface area contributed by atoms with Crippen molar-refractivity contribution in [3.63, 3.8) is 0 Å². The van der Waals surface area contributed by atoms with Gasteiger partial charge in [-0.1, -0.05) is 12.1 Å². The van der Waals surface area contributed by atoms with Crippen LogP contribution in [-0.2, 0) is 20.7 Å². The van der Waals surface area contributed by atoms with Crippen LogP contribution < -0.4 is 9.47 Å². The molecule has 8 heteroatoms. The van der Waals surface area contributed by atoms with Crippen LogP contribution in [0, 0.1) is 5.82 Å². The molecule has 3 rings (SSSR count). The number of carbonyl (C=O) groups excluding carboxylic acids is 2. The van der Waals surface area contributed by atoms with E-state index in [4.69, 9.17) is 14.2 Å². The lowest BCUT2D eigenvalue weighted by atomic mass is 10.1. The monoisotopic (exact) mass is 519 g/mol. The summed E-state index contributed by atoms with van der Waals surface area (Å²) in [7, 11) is 1.57. The van der Waals surface area contributed by atoms with Gasteiger partial charge in [0.1, 0.15) is 24.3 Å². The number of methoxy groups -OCH3 is 1. The molecule has 1 heterocycles. The average molecular weight is 520 g/mol. The zero-order valence-electron chi connectivity index (χ0n) is 18.7. The minimum Gasteiger partial charge on any atom is -0.493 e. The van der Waals surface area contributed by atoms with Crippen molar-refractivity contribution in [3.05, 3.63) is 63.9 Å². The molecule has 1 fully saturated rings. The second kappa shape index (κ2) is 12.0. The Morgan fingerprint density at radius 2 is 2.06 bits per heavy atom. The first kappa shape index (κ1) is 24.9. The lowest BCUT2D eigenvalue weighted by molar-refractivity contribution is -0.134. The van der Waals surface area contributed by atoms with Crippen molar-refractivity contribution in [1.82, 2.24) is 4.90 Å². The summed E-state index contributed by atoms with van der Waals surface area (Å²) in [5.74, 6) is 0.822. The summed E-state index contributed by atoms with van der Waals surface area (Å²) in [6, 6.07) is 10.2. The molecule has 2 aromatic rings. The zero-order valence-corrected chi connectivity index (χ0v) is 20.3. The number of ketones is 1. The third-order valence-electron chi connectivity index (χ3n) is 5.23. The number of benzene rings is 2. The van der Waals surface area contributed by atoms with E-state index in [0.29, 0.717) is 48.5 Å². The van der Waals surface area contributed by atoms with E-state index in [-0.39, 0.29) is 30.2 Å². The van der Waals surface area contributed by atoms with Crippen molar-refractivity contribution in [3.8, 4) is 11.5 Å². The van der Waals surface area contributed by atoms with E-state index < -0.39 is 0 Å². The van der Waals surface area contributed by atoms with E-state index in [1.165, 1.54) is 12.1 Å². The Labute approximate surface area is 201 Å². The van der Waals surface area contributed by atoms with Crippen molar-refractivity contribution >= 4 is 33.7 Å². The fourth-order valence-corrected chi connectivity index (χ4v) is 3.80. The van der Waals surface area contributed by atoms with Gasteiger partial charge in [-0.2, -0.15) is 0 Å². The van der Waals surface area contributed by atoms with Gasteiger partial charge in [-0.25, -0.2) is 4.39 Å². The van der Waals surface area contributed by atoms with E-state index in [0.717, 1.165) is 11.1 Å². The lowest BCUT2D eigenvalue weighted by Crippen LogP contribution is -2.47. The van der Waals surface area contributed by atoms with Gasteiger partial charge in [0.15, 0.2) is 11.5 Å². The first-order valence-electron chi connectivity index (χ1n) is 10.7. The molecule has 176 valence electrons. The summed E-state index contributed by atoms with van der Waals surface area (Å²) in [5, 5.41) is 0. The number of rotatable bonds is 9. The molecule has 1 aliphatic rings. The van der Waals surface area contributed by atoms with Crippen molar-refractivity contribution in [2.24, 2.45) is 0 Å². The van der Waals surface area contributed by atoms with Crippen molar-refractivity contribution in [2.75, 3.05) is 33.4 Å². The molecule has 0 aliphatic carbocycles. The van der Waals surface area contributed by atoms with Gasteiger partial charge in [-0.15, -0.1) is 0 Å². The van der Waals surface area contributed by atoms with Gasteiger partial charge < -0.3 is 23.9 Å². The molecule has 0 bridgehead atoms. The molecule has 1 saturated heterocycles. The highest BCUT2D eigenvalue weighted by molar-refractivity contribution is 9.10. The van der Waals surface area contributed by atoms with Crippen LogP contribution in [-0.4, -0.2) is 56.1 Å². The standard InChI is InChI=1S/C25H27BrFNO5/c1-17(29)3-4-19-6-9-23(24(14-19)31-2)33-16-20-15-28(11-12-32-20)25(30)10-7-18-5-8-22(27)21(26)13-18/h5-10,13-14,20H,3-4,11-12,15-16H2,1-2H3/b10-7+. The molecule has 0 radical (unpaired) electrons. The Bertz CT molecular complexity index is 1030. The Morgan fingerprint density at radius 1 is 1.24 bits per heavy atom. The van der Waals surface area contributed by atoms with Gasteiger partial charge in [0.2, 0.25) is 5.91 Å². The van der Waals surface area contributed by atoms with Crippen molar-refractivity contribution in [1.29, 1.82) is 0 Å². The number of morpholine rings is 1. The molecule has 0 saturated carbocycles. The molecule has 1 aliphatic heterocycles. The third kappa shape index (κ3) is 7.40. The summed E-state index contributed by atoms with van der Waals surface area (Å²) < 4.78 is 30.8. The summed E-state index contributed by atoms with van der Waals surface area (Å²) >= 11 is 3.14.